The summed E-state index contributed by atoms with van der Waals surface area (Å²) in [6.07, 6.45) is -0.911. The third-order valence-electron chi connectivity index (χ3n) is 2.31. The second-order valence-electron chi connectivity index (χ2n) is 3.70. The van der Waals surface area contributed by atoms with Crippen LogP contribution in [0.2, 0.25) is 0 Å². The molecule has 1 rings (SSSR count). The topological polar surface area (TPSA) is 122 Å². The smallest absolute Gasteiger partial charge is 0.294 e. The van der Waals surface area contributed by atoms with Gasteiger partial charge in [0.1, 0.15) is 5.69 Å². The number of anilines is 2. The second-order valence-corrected chi connectivity index (χ2v) is 3.70. The van der Waals surface area contributed by atoms with E-state index in [1.54, 1.807) is 6.92 Å². The molecule has 7 heteroatoms. The van der Waals surface area contributed by atoms with Crippen LogP contribution in [0.25, 0.3) is 0 Å². The van der Waals surface area contributed by atoms with Crippen LogP contribution in [0.5, 0.6) is 0 Å². The lowest BCUT2D eigenvalue weighted by Gasteiger charge is -2.13. The molecule has 0 aliphatic carbocycles. The SMILES string of the molecule is Cc1cc(N)c([N+](=O)[O-])cc1NCC(O)CO. The molecule has 0 fully saturated rings. The molecule has 0 radical (unpaired) electrons. The summed E-state index contributed by atoms with van der Waals surface area (Å²) in [6, 6.07) is 2.81. The Kier molecular flexibility index (Phi) is 4.24. The fourth-order valence-corrected chi connectivity index (χ4v) is 1.36. The molecule has 0 spiro atoms. The lowest BCUT2D eigenvalue weighted by molar-refractivity contribution is -0.383. The molecule has 0 saturated heterocycles. The normalized spacial score (nSPS) is 12.2. The highest BCUT2D eigenvalue weighted by Crippen LogP contribution is 2.28. The molecule has 0 amide bonds. The third-order valence-corrected chi connectivity index (χ3v) is 2.31. The number of nitro benzene ring substituents is 1. The monoisotopic (exact) mass is 241 g/mol. The Balaban J connectivity index is 2.92. The van der Waals surface area contributed by atoms with Crippen LogP contribution in [0, 0.1) is 17.0 Å². The number of nitrogens with zero attached hydrogens (tertiary/aromatic N) is 1. The van der Waals surface area contributed by atoms with Crippen molar-refractivity contribution in [3.05, 3.63) is 27.8 Å². The number of hydrogen-bond donors (Lipinski definition) is 4. The fraction of sp³-hybridized carbons (Fsp3) is 0.400. The van der Waals surface area contributed by atoms with E-state index in [2.05, 4.69) is 5.32 Å². The molecule has 0 heterocycles. The summed E-state index contributed by atoms with van der Waals surface area (Å²) in [6.45, 7) is 1.48. The van der Waals surface area contributed by atoms with Crippen molar-refractivity contribution >= 4 is 17.1 Å². The molecular formula is C10H15N3O4. The number of nitro groups is 1. The summed E-state index contributed by atoms with van der Waals surface area (Å²) in [5.74, 6) is 0. The first kappa shape index (κ1) is 13.2. The lowest BCUT2D eigenvalue weighted by atomic mass is 10.1. The number of rotatable bonds is 5. The summed E-state index contributed by atoms with van der Waals surface area (Å²) in [4.78, 5) is 10.1. The molecule has 1 atom stereocenters. The van der Waals surface area contributed by atoms with Gasteiger partial charge in [0.15, 0.2) is 0 Å². The van der Waals surface area contributed by atoms with Crippen LogP contribution < -0.4 is 11.1 Å². The van der Waals surface area contributed by atoms with Crippen molar-refractivity contribution in [1.29, 1.82) is 0 Å². The van der Waals surface area contributed by atoms with E-state index >= 15 is 0 Å². The number of aliphatic hydroxyl groups is 2. The largest absolute Gasteiger partial charge is 0.394 e. The summed E-state index contributed by atoms with van der Waals surface area (Å²) < 4.78 is 0. The third kappa shape index (κ3) is 3.30. The number of aliphatic hydroxyl groups excluding tert-OH is 2. The van der Waals surface area contributed by atoms with Gasteiger partial charge in [-0.15, -0.1) is 0 Å². The van der Waals surface area contributed by atoms with Gasteiger partial charge in [0.05, 0.1) is 17.6 Å². The number of nitrogens with two attached hydrogens (primary N) is 1. The van der Waals surface area contributed by atoms with Gasteiger partial charge in [-0.1, -0.05) is 0 Å². The first-order valence-corrected chi connectivity index (χ1v) is 5.03. The van der Waals surface area contributed by atoms with Crippen molar-refractivity contribution in [2.24, 2.45) is 0 Å². The van der Waals surface area contributed by atoms with E-state index in [0.29, 0.717) is 5.69 Å². The minimum atomic E-state index is -0.911. The molecule has 94 valence electrons. The minimum Gasteiger partial charge on any atom is -0.394 e. The molecular weight excluding hydrogens is 226 g/mol. The Morgan fingerprint density at radius 3 is 2.76 bits per heavy atom. The summed E-state index contributed by atoms with van der Waals surface area (Å²) >= 11 is 0. The fourth-order valence-electron chi connectivity index (χ4n) is 1.36. The highest BCUT2D eigenvalue weighted by atomic mass is 16.6. The molecule has 0 aliphatic rings. The molecule has 17 heavy (non-hydrogen) atoms. The number of benzene rings is 1. The van der Waals surface area contributed by atoms with Crippen molar-refractivity contribution in [2.75, 3.05) is 24.2 Å². The highest BCUT2D eigenvalue weighted by molar-refractivity contribution is 5.69. The quantitative estimate of drug-likeness (QED) is 0.333. The predicted molar refractivity (Wildman–Crippen MR) is 63.8 cm³/mol. The molecule has 5 N–H and O–H groups in total. The van der Waals surface area contributed by atoms with E-state index in [0.717, 1.165) is 5.56 Å². The van der Waals surface area contributed by atoms with Crippen LogP contribution in [-0.4, -0.2) is 34.4 Å². The molecule has 7 nitrogen and oxygen atoms in total. The maximum Gasteiger partial charge on any atom is 0.294 e. The van der Waals surface area contributed by atoms with Gasteiger partial charge >= 0.3 is 0 Å². The molecule has 1 aromatic rings. The van der Waals surface area contributed by atoms with Crippen molar-refractivity contribution < 1.29 is 15.1 Å². The molecule has 0 aliphatic heterocycles. The summed E-state index contributed by atoms with van der Waals surface area (Å²) in [7, 11) is 0. The Morgan fingerprint density at radius 1 is 1.59 bits per heavy atom. The van der Waals surface area contributed by atoms with Crippen LogP contribution in [-0.2, 0) is 0 Å². The van der Waals surface area contributed by atoms with Gasteiger partial charge < -0.3 is 21.3 Å². The maximum absolute atomic E-state index is 10.7. The Hall–Kier alpha value is -1.86. The first-order valence-electron chi connectivity index (χ1n) is 5.03. The number of aryl methyl sites for hydroxylation is 1. The van der Waals surface area contributed by atoms with E-state index in [-0.39, 0.29) is 24.5 Å². The van der Waals surface area contributed by atoms with Crippen LogP contribution in [0.15, 0.2) is 12.1 Å². The zero-order valence-corrected chi connectivity index (χ0v) is 9.38. The van der Waals surface area contributed by atoms with Crippen LogP contribution in [0.4, 0.5) is 17.1 Å². The van der Waals surface area contributed by atoms with E-state index in [4.69, 9.17) is 10.8 Å². The van der Waals surface area contributed by atoms with Gasteiger partial charge in [0, 0.05) is 18.3 Å². The van der Waals surface area contributed by atoms with Crippen molar-refractivity contribution in [2.45, 2.75) is 13.0 Å². The number of hydrogen-bond acceptors (Lipinski definition) is 6. The van der Waals surface area contributed by atoms with Crippen LogP contribution in [0.3, 0.4) is 0 Å². The average molecular weight is 241 g/mol. The highest BCUT2D eigenvalue weighted by Gasteiger charge is 2.14. The van der Waals surface area contributed by atoms with Gasteiger partial charge in [-0.05, 0) is 18.6 Å². The Labute approximate surface area is 98.0 Å². The summed E-state index contributed by atoms with van der Waals surface area (Å²) in [5, 5.41) is 31.3. The van der Waals surface area contributed by atoms with Gasteiger partial charge in [0.2, 0.25) is 0 Å². The Morgan fingerprint density at radius 2 is 2.24 bits per heavy atom. The molecule has 1 unspecified atom stereocenters. The summed E-state index contributed by atoms with van der Waals surface area (Å²) in [5.41, 5.74) is 6.68. The number of nitrogens with one attached hydrogen (secondary N) is 1. The van der Waals surface area contributed by atoms with Crippen molar-refractivity contribution in [3.8, 4) is 0 Å². The zero-order chi connectivity index (χ0) is 13.0. The maximum atomic E-state index is 10.7. The molecule has 1 aromatic carbocycles. The van der Waals surface area contributed by atoms with Crippen LogP contribution in [0.1, 0.15) is 5.56 Å². The second kappa shape index (κ2) is 5.46. The Bertz CT molecular complexity index is 422. The standard InChI is InChI=1S/C10H15N3O4/c1-6-2-8(11)10(13(16)17)3-9(6)12-4-7(15)5-14/h2-3,7,12,14-15H,4-5,11H2,1H3. The van der Waals surface area contributed by atoms with Crippen LogP contribution >= 0.6 is 0 Å². The van der Waals surface area contributed by atoms with Crippen molar-refractivity contribution in [3.63, 3.8) is 0 Å². The number of nitrogen functional groups attached to an aromatic ring is 1. The van der Waals surface area contributed by atoms with Gasteiger partial charge in [-0.25, -0.2) is 0 Å². The van der Waals surface area contributed by atoms with E-state index < -0.39 is 11.0 Å². The average Bonchev–Trinajstić information content (AvgIpc) is 2.26. The van der Waals surface area contributed by atoms with E-state index in [1.807, 2.05) is 0 Å². The minimum absolute atomic E-state index is 0.0979. The zero-order valence-electron chi connectivity index (χ0n) is 9.38. The van der Waals surface area contributed by atoms with Gasteiger partial charge in [0.25, 0.3) is 5.69 Å². The molecule has 0 aromatic heterocycles. The first-order chi connectivity index (χ1) is 7.95. The van der Waals surface area contributed by atoms with Gasteiger partial charge in [-0.2, -0.15) is 0 Å². The van der Waals surface area contributed by atoms with Gasteiger partial charge in [-0.3, -0.25) is 10.1 Å². The van der Waals surface area contributed by atoms with E-state index in [9.17, 15) is 15.2 Å². The lowest BCUT2D eigenvalue weighted by Crippen LogP contribution is -2.23. The predicted octanol–water partition coefficient (Wildman–Crippen LogP) is 0.251. The molecule has 0 bridgehead atoms. The molecule has 0 saturated carbocycles. The van der Waals surface area contributed by atoms with Crippen molar-refractivity contribution in [1.82, 2.24) is 0 Å². The van der Waals surface area contributed by atoms with E-state index in [1.165, 1.54) is 12.1 Å².